The molecule has 56 valence electrons. The van der Waals surface area contributed by atoms with Gasteiger partial charge in [0.05, 0.1) is 6.17 Å². The molecule has 0 saturated carbocycles. The first-order valence-electron chi connectivity index (χ1n) is 3.30. The molecule has 3 heteroatoms. The zero-order chi connectivity index (χ0) is 5.98. The number of halogens is 1. The Morgan fingerprint density at radius 2 is 1.78 bits per heavy atom. The molecule has 1 unspecified atom stereocenters. The predicted molar refractivity (Wildman–Crippen MR) is 41.7 cm³/mol. The molecule has 0 spiro atoms. The van der Waals surface area contributed by atoms with Gasteiger partial charge >= 0.3 is 0 Å². The highest BCUT2D eigenvalue weighted by molar-refractivity contribution is 5.85. The summed E-state index contributed by atoms with van der Waals surface area (Å²) in [6.45, 7) is 4.46. The Hall–Kier alpha value is 0.210. The predicted octanol–water partition coefficient (Wildman–Crippen LogP) is 0.809. The van der Waals surface area contributed by atoms with Crippen LogP contribution in [0.3, 0.4) is 0 Å². The largest absolute Gasteiger partial charge is 0.316 e. The lowest BCUT2D eigenvalue weighted by molar-refractivity contribution is 0.265. The SMILES string of the molecule is CC(N)N1CCCC1.Cl. The molecule has 0 aromatic rings. The Kier molecular flexibility index (Phi) is 4.19. The van der Waals surface area contributed by atoms with E-state index in [0.717, 1.165) is 0 Å². The van der Waals surface area contributed by atoms with Gasteiger partial charge in [-0.2, -0.15) is 0 Å². The van der Waals surface area contributed by atoms with Gasteiger partial charge in [-0.25, -0.2) is 0 Å². The van der Waals surface area contributed by atoms with Gasteiger partial charge in [-0.3, -0.25) is 4.90 Å². The highest BCUT2D eigenvalue weighted by atomic mass is 35.5. The monoisotopic (exact) mass is 150 g/mol. The smallest absolute Gasteiger partial charge is 0.0542 e. The molecule has 0 aliphatic carbocycles. The lowest BCUT2D eigenvalue weighted by Gasteiger charge is -2.18. The van der Waals surface area contributed by atoms with Crippen LogP contribution in [0.15, 0.2) is 0 Å². The van der Waals surface area contributed by atoms with E-state index in [1.165, 1.54) is 25.9 Å². The van der Waals surface area contributed by atoms with Crippen LogP contribution in [0.5, 0.6) is 0 Å². The minimum atomic E-state index is 0. The summed E-state index contributed by atoms with van der Waals surface area (Å²) in [5.74, 6) is 0. The van der Waals surface area contributed by atoms with Crippen LogP contribution < -0.4 is 5.73 Å². The van der Waals surface area contributed by atoms with Crippen LogP contribution >= 0.6 is 12.4 Å². The number of hydrogen-bond acceptors (Lipinski definition) is 2. The molecule has 0 radical (unpaired) electrons. The summed E-state index contributed by atoms with van der Waals surface area (Å²) in [6.07, 6.45) is 2.95. The highest BCUT2D eigenvalue weighted by Gasteiger charge is 2.13. The van der Waals surface area contributed by atoms with E-state index in [9.17, 15) is 0 Å². The summed E-state index contributed by atoms with van der Waals surface area (Å²) in [5.41, 5.74) is 5.62. The molecule has 2 nitrogen and oxygen atoms in total. The molecule has 1 aliphatic heterocycles. The average molecular weight is 151 g/mol. The molecule has 1 saturated heterocycles. The van der Waals surface area contributed by atoms with Gasteiger partial charge in [0.1, 0.15) is 0 Å². The Bertz CT molecular complexity index is 69.5. The molecule has 0 aromatic heterocycles. The van der Waals surface area contributed by atoms with Gasteiger partial charge in [0, 0.05) is 0 Å². The summed E-state index contributed by atoms with van der Waals surface area (Å²) in [5, 5.41) is 0. The molecule has 1 heterocycles. The Morgan fingerprint density at radius 1 is 1.33 bits per heavy atom. The second-order valence-corrected chi connectivity index (χ2v) is 2.48. The zero-order valence-electron chi connectivity index (χ0n) is 5.84. The van der Waals surface area contributed by atoms with Crippen molar-refractivity contribution in [2.75, 3.05) is 13.1 Å². The lowest BCUT2D eigenvalue weighted by atomic mass is 10.4. The molecular formula is C6H15ClN2. The van der Waals surface area contributed by atoms with Gasteiger partial charge in [-0.05, 0) is 32.9 Å². The van der Waals surface area contributed by atoms with E-state index in [-0.39, 0.29) is 18.6 Å². The fraction of sp³-hybridized carbons (Fsp3) is 1.00. The zero-order valence-corrected chi connectivity index (χ0v) is 6.66. The molecule has 1 aliphatic rings. The van der Waals surface area contributed by atoms with Crippen molar-refractivity contribution in [2.24, 2.45) is 5.73 Å². The summed E-state index contributed by atoms with van der Waals surface area (Å²) in [7, 11) is 0. The number of nitrogens with zero attached hydrogens (tertiary/aromatic N) is 1. The summed E-state index contributed by atoms with van der Waals surface area (Å²) >= 11 is 0. The number of likely N-dealkylation sites (tertiary alicyclic amines) is 1. The second kappa shape index (κ2) is 4.09. The molecule has 0 aromatic carbocycles. The van der Waals surface area contributed by atoms with Crippen molar-refractivity contribution in [3.05, 3.63) is 0 Å². The first-order valence-corrected chi connectivity index (χ1v) is 3.30. The van der Waals surface area contributed by atoms with E-state index in [4.69, 9.17) is 5.73 Å². The number of rotatable bonds is 1. The van der Waals surface area contributed by atoms with E-state index < -0.39 is 0 Å². The molecule has 1 atom stereocenters. The molecule has 9 heavy (non-hydrogen) atoms. The maximum atomic E-state index is 5.62. The van der Waals surface area contributed by atoms with Gasteiger partial charge in [-0.1, -0.05) is 0 Å². The molecule has 1 rings (SSSR count). The minimum absolute atomic E-state index is 0. The van der Waals surface area contributed by atoms with Crippen LogP contribution in [0.4, 0.5) is 0 Å². The normalized spacial score (nSPS) is 23.3. The van der Waals surface area contributed by atoms with E-state index in [0.29, 0.717) is 0 Å². The lowest BCUT2D eigenvalue weighted by Crippen LogP contribution is -2.36. The Balaban J connectivity index is 0.000000640. The van der Waals surface area contributed by atoms with Crippen molar-refractivity contribution in [3.8, 4) is 0 Å². The van der Waals surface area contributed by atoms with Gasteiger partial charge in [0.2, 0.25) is 0 Å². The van der Waals surface area contributed by atoms with Crippen molar-refractivity contribution in [3.63, 3.8) is 0 Å². The fourth-order valence-corrected chi connectivity index (χ4v) is 1.15. The first-order chi connectivity index (χ1) is 3.80. The van der Waals surface area contributed by atoms with Crippen molar-refractivity contribution >= 4 is 12.4 Å². The summed E-state index contributed by atoms with van der Waals surface area (Å²) in [6, 6.07) is 0. The highest BCUT2D eigenvalue weighted by Crippen LogP contribution is 2.07. The first kappa shape index (κ1) is 9.21. The number of nitrogens with two attached hydrogens (primary N) is 1. The standard InChI is InChI=1S/C6H14N2.ClH/c1-6(7)8-4-2-3-5-8;/h6H,2-5,7H2,1H3;1H. The third kappa shape index (κ3) is 2.52. The van der Waals surface area contributed by atoms with Gasteiger partial charge in [-0.15, -0.1) is 12.4 Å². The maximum absolute atomic E-state index is 5.62. The van der Waals surface area contributed by atoms with Crippen molar-refractivity contribution < 1.29 is 0 Å². The molecule has 2 N–H and O–H groups in total. The summed E-state index contributed by atoms with van der Waals surface area (Å²) < 4.78 is 0. The van der Waals surface area contributed by atoms with E-state index >= 15 is 0 Å². The third-order valence-corrected chi connectivity index (χ3v) is 1.72. The average Bonchev–Trinajstić information content (AvgIpc) is 2.12. The molecular weight excluding hydrogens is 136 g/mol. The minimum Gasteiger partial charge on any atom is -0.316 e. The Morgan fingerprint density at radius 3 is 2.00 bits per heavy atom. The van der Waals surface area contributed by atoms with Gasteiger partial charge < -0.3 is 5.73 Å². The van der Waals surface area contributed by atoms with Crippen LogP contribution in [0.25, 0.3) is 0 Å². The third-order valence-electron chi connectivity index (χ3n) is 1.72. The molecule has 0 amide bonds. The van der Waals surface area contributed by atoms with E-state index in [2.05, 4.69) is 4.90 Å². The van der Waals surface area contributed by atoms with E-state index in [1.807, 2.05) is 6.92 Å². The molecule has 1 fully saturated rings. The quantitative estimate of drug-likeness (QED) is 0.600. The van der Waals surface area contributed by atoms with Crippen LogP contribution in [-0.4, -0.2) is 24.2 Å². The Labute approximate surface area is 62.8 Å². The second-order valence-electron chi connectivity index (χ2n) is 2.48. The van der Waals surface area contributed by atoms with Crippen molar-refractivity contribution in [2.45, 2.75) is 25.9 Å². The van der Waals surface area contributed by atoms with Crippen LogP contribution in [-0.2, 0) is 0 Å². The van der Waals surface area contributed by atoms with Crippen molar-refractivity contribution in [1.82, 2.24) is 4.90 Å². The van der Waals surface area contributed by atoms with Crippen LogP contribution in [0.2, 0.25) is 0 Å². The van der Waals surface area contributed by atoms with Crippen molar-refractivity contribution in [1.29, 1.82) is 0 Å². The molecule has 0 bridgehead atoms. The number of hydrogen-bond donors (Lipinski definition) is 1. The maximum Gasteiger partial charge on any atom is 0.0542 e. The van der Waals surface area contributed by atoms with E-state index in [1.54, 1.807) is 0 Å². The topological polar surface area (TPSA) is 29.3 Å². The van der Waals surface area contributed by atoms with Crippen LogP contribution in [0, 0.1) is 0 Å². The fourth-order valence-electron chi connectivity index (χ4n) is 1.15. The van der Waals surface area contributed by atoms with Gasteiger partial charge in [0.25, 0.3) is 0 Å². The summed E-state index contributed by atoms with van der Waals surface area (Å²) in [4.78, 5) is 2.31. The van der Waals surface area contributed by atoms with Crippen LogP contribution in [0.1, 0.15) is 19.8 Å². The van der Waals surface area contributed by atoms with Gasteiger partial charge in [0.15, 0.2) is 0 Å².